The Morgan fingerprint density at radius 2 is 0.534 bits per heavy atom. The minimum Gasteiger partial charge on any atom is -0.462 e. The fourth-order valence-electron chi connectivity index (χ4n) is 8.24. The van der Waals surface area contributed by atoms with Crippen molar-refractivity contribution < 1.29 is 28.6 Å². The van der Waals surface area contributed by atoms with E-state index in [0.29, 0.717) is 19.3 Å². The fraction of sp³-hybridized carbons (Fsp3) is 0.687. The predicted molar refractivity (Wildman–Crippen MR) is 316 cm³/mol. The summed E-state index contributed by atoms with van der Waals surface area (Å²) >= 11 is 0. The summed E-state index contributed by atoms with van der Waals surface area (Å²) in [7, 11) is 0. The van der Waals surface area contributed by atoms with Gasteiger partial charge in [0.15, 0.2) is 6.10 Å². The summed E-state index contributed by atoms with van der Waals surface area (Å²) in [5.41, 5.74) is 0. The average Bonchev–Trinajstić information content (AvgIpc) is 3.39. The topological polar surface area (TPSA) is 78.9 Å². The van der Waals surface area contributed by atoms with Crippen LogP contribution in [0.4, 0.5) is 0 Å². The molecule has 0 saturated carbocycles. The molecular formula is C67H112O6. The first-order chi connectivity index (χ1) is 36.0. The minimum atomic E-state index is -0.799. The highest BCUT2D eigenvalue weighted by molar-refractivity contribution is 5.71. The van der Waals surface area contributed by atoms with Gasteiger partial charge in [-0.05, 0) is 122 Å². The Labute approximate surface area is 450 Å². The average molecular weight is 1010 g/mol. The van der Waals surface area contributed by atoms with Crippen LogP contribution in [0, 0.1) is 0 Å². The van der Waals surface area contributed by atoms with Crippen molar-refractivity contribution >= 4 is 17.9 Å². The highest BCUT2D eigenvalue weighted by atomic mass is 16.6. The van der Waals surface area contributed by atoms with Crippen LogP contribution in [0.1, 0.15) is 278 Å². The molecule has 6 heteroatoms. The summed E-state index contributed by atoms with van der Waals surface area (Å²) in [6.07, 6.45) is 82.2. The molecule has 0 aromatic carbocycles. The molecule has 0 spiro atoms. The van der Waals surface area contributed by atoms with Crippen molar-refractivity contribution in [2.24, 2.45) is 0 Å². The van der Waals surface area contributed by atoms with Crippen molar-refractivity contribution in [2.75, 3.05) is 13.2 Å². The van der Waals surface area contributed by atoms with Gasteiger partial charge in [-0.3, -0.25) is 14.4 Å². The molecule has 416 valence electrons. The van der Waals surface area contributed by atoms with E-state index in [0.717, 1.165) is 128 Å². The van der Waals surface area contributed by atoms with Gasteiger partial charge >= 0.3 is 17.9 Å². The lowest BCUT2D eigenvalue weighted by atomic mass is 10.1. The van der Waals surface area contributed by atoms with Gasteiger partial charge in [0.2, 0.25) is 0 Å². The molecule has 0 saturated heterocycles. The summed E-state index contributed by atoms with van der Waals surface area (Å²) < 4.78 is 16.9. The van der Waals surface area contributed by atoms with E-state index in [1.165, 1.54) is 109 Å². The van der Waals surface area contributed by atoms with E-state index in [-0.39, 0.29) is 31.1 Å². The Kier molecular flexibility index (Phi) is 57.4. The van der Waals surface area contributed by atoms with Gasteiger partial charge in [0.05, 0.1) is 0 Å². The second kappa shape index (κ2) is 60.6. The molecule has 73 heavy (non-hydrogen) atoms. The van der Waals surface area contributed by atoms with E-state index in [1.54, 1.807) is 0 Å². The minimum absolute atomic E-state index is 0.0937. The van der Waals surface area contributed by atoms with E-state index < -0.39 is 6.10 Å². The number of hydrogen-bond acceptors (Lipinski definition) is 6. The number of carbonyl (C=O) groups is 3. The van der Waals surface area contributed by atoms with E-state index >= 15 is 0 Å². The zero-order chi connectivity index (χ0) is 52.9. The molecule has 0 rings (SSSR count). The van der Waals surface area contributed by atoms with Gasteiger partial charge in [0, 0.05) is 19.3 Å². The van der Waals surface area contributed by atoms with E-state index in [2.05, 4.69) is 130 Å². The van der Waals surface area contributed by atoms with E-state index in [9.17, 15) is 14.4 Å². The lowest BCUT2D eigenvalue weighted by Gasteiger charge is -2.18. The van der Waals surface area contributed by atoms with Crippen LogP contribution in [0.15, 0.2) is 109 Å². The summed E-state index contributed by atoms with van der Waals surface area (Å²) in [6, 6.07) is 0. The maximum atomic E-state index is 12.9. The third-order valence-electron chi connectivity index (χ3n) is 12.7. The predicted octanol–water partition coefficient (Wildman–Crippen LogP) is 20.7. The third kappa shape index (κ3) is 58.8. The molecule has 0 N–H and O–H groups in total. The monoisotopic (exact) mass is 1010 g/mol. The SMILES string of the molecule is CC/C=C\C/C=C\C/C=C\C/C=C\CCCCCCCCCCCCC(=O)OCC(COC(=O)CCCCCCC/C=C\CCCCCCCC)OC(=O)CCCCCC/C=C\C/C=C\C/C=C\C/C=C\CC. The second-order valence-corrected chi connectivity index (χ2v) is 19.8. The highest BCUT2D eigenvalue weighted by Crippen LogP contribution is 2.15. The molecule has 0 aliphatic rings. The first kappa shape index (κ1) is 69.1. The van der Waals surface area contributed by atoms with Crippen LogP contribution in [0.2, 0.25) is 0 Å². The summed E-state index contributed by atoms with van der Waals surface area (Å²) in [4.78, 5) is 38.3. The third-order valence-corrected chi connectivity index (χ3v) is 12.7. The molecule has 0 bridgehead atoms. The Balaban J connectivity index is 4.41. The maximum Gasteiger partial charge on any atom is 0.306 e. The molecule has 0 aliphatic carbocycles. The molecule has 1 unspecified atom stereocenters. The summed E-state index contributed by atoms with van der Waals surface area (Å²) in [5, 5.41) is 0. The summed E-state index contributed by atoms with van der Waals surface area (Å²) in [6.45, 7) is 6.39. The van der Waals surface area contributed by atoms with Crippen LogP contribution in [-0.4, -0.2) is 37.2 Å². The van der Waals surface area contributed by atoms with Crippen LogP contribution < -0.4 is 0 Å². The molecule has 0 heterocycles. The number of carbonyl (C=O) groups excluding carboxylic acids is 3. The first-order valence-electron chi connectivity index (χ1n) is 30.4. The van der Waals surface area contributed by atoms with Crippen LogP contribution in [0.5, 0.6) is 0 Å². The quantitative estimate of drug-likeness (QED) is 0.0261. The largest absolute Gasteiger partial charge is 0.462 e. The number of esters is 3. The molecule has 6 nitrogen and oxygen atoms in total. The number of ether oxygens (including phenoxy) is 3. The molecule has 0 aromatic rings. The zero-order valence-corrected chi connectivity index (χ0v) is 47.6. The zero-order valence-electron chi connectivity index (χ0n) is 47.6. The number of hydrogen-bond donors (Lipinski definition) is 0. The van der Waals surface area contributed by atoms with Gasteiger partial charge in [-0.2, -0.15) is 0 Å². The van der Waals surface area contributed by atoms with Crippen molar-refractivity contribution in [3.8, 4) is 0 Å². The van der Waals surface area contributed by atoms with Gasteiger partial charge in [0.25, 0.3) is 0 Å². The van der Waals surface area contributed by atoms with Crippen molar-refractivity contribution in [3.63, 3.8) is 0 Å². The molecule has 1 atom stereocenters. The molecule has 0 aliphatic heterocycles. The van der Waals surface area contributed by atoms with Gasteiger partial charge < -0.3 is 14.2 Å². The van der Waals surface area contributed by atoms with Crippen LogP contribution in [0.3, 0.4) is 0 Å². The van der Waals surface area contributed by atoms with Gasteiger partial charge in [-0.15, -0.1) is 0 Å². The lowest BCUT2D eigenvalue weighted by Crippen LogP contribution is -2.30. The first-order valence-corrected chi connectivity index (χ1v) is 30.4. The Morgan fingerprint density at radius 3 is 0.849 bits per heavy atom. The highest BCUT2D eigenvalue weighted by Gasteiger charge is 2.19. The van der Waals surface area contributed by atoms with Crippen molar-refractivity contribution in [1.82, 2.24) is 0 Å². The van der Waals surface area contributed by atoms with Gasteiger partial charge in [-0.1, -0.05) is 246 Å². The van der Waals surface area contributed by atoms with Gasteiger partial charge in [-0.25, -0.2) is 0 Å². The fourth-order valence-corrected chi connectivity index (χ4v) is 8.24. The van der Waals surface area contributed by atoms with Crippen molar-refractivity contribution in [1.29, 1.82) is 0 Å². The number of unbranched alkanes of at least 4 members (excludes halogenated alkanes) is 25. The van der Waals surface area contributed by atoms with Crippen LogP contribution in [0.25, 0.3) is 0 Å². The van der Waals surface area contributed by atoms with Crippen LogP contribution in [-0.2, 0) is 28.6 Å². The van der Waals surface area contributed by atoms with Crippen molar-refractivity contribution in [2.45, 2.75) is 284 Å². The summed E-state index contributed by atoms with van der Waals surface area (Å²) in [5.74, 6) is -0.926. The number of allylic oxidation sites excluding steroid dienone is 18. The Morgan fingerprint density at radius 1 is 0.288 bits per heavy atom. The molecule has 0 aromatic heterocycles. The maximum absolute atomic E-state index is 12.9. The molecule has 0 radical (unpaired) electrons. The molecular weight excluding hydrogens is 901 g/mol. The normalized spacial score (nSPS) is 12.9. The van der Waals surface area contributed by atoms with E-state index in [1.807, 2.05) is 0 Å². The Hall–Kier alpha value is -3.93. The van der Waals surface area contributed by atoms with Gasteiger partial charge in [0.1, 0.15) is 13.2 Å². The Bertz CT molecular complexity index is 1490. The smallest absolute Gasteiger partial charge is 0.306 e. The second-order valence-electron chi connectivity index (χ2n) is 19.8. The molecule has 0 fully saturated rings. The lowest BCUT2D eigenvalue weighted by molar-refractivity contribution is -0.167. The van der Waals surface area contributed by atoms with E-state index in [4.69, 9.17) is 14.2 Å². The van der Waals surface area contributed by atoms with Crippen LogP contribution >= 0.6 is 0 Å². The van der Waals surface area contributed by atoms with Crippen molar-refractivity contribution in [3.05, 3.63) is 109 Å². The standard InChI is InChI=1S/C67H112O6/c1-4-7-10-13-16-19-22-25-28-30-31-32-33-34-35-37-39-42-45-48-51-54-57-60-66(69)72-63-64(62-71-65(68)59-56-53-50-47-44-41-38-27-24-21-18-15-12-9-6-3)73-67(70)61-58-55-52-49-46-43-40-36-29-26-23-20-17-14-11-8-5-2/h7-8,10-11,16-17,19-20,25-29,31-32,38,40,43,64H,4-6,9,12-15,18,21-24,30,33-37,39,41-42,44-63H2,1-3H3/b10-7-,11-8-,19-16-,20-17-,28-25-,29-26-,32-31-,38-27-,43-40-. The molecule has 0 amide bonds. The number of rotatable bonds is 54.